The molecule has 1 aliphatic rings. The summed E-state index contributed by atoms with van der Waals surface area (Å²) >= 11 is 0. The molecule has 0 saturated carbocycles. The van der Waals surface area contributed by atoms with E-state index < -0.39 is 9.84 Å². The topological polar surface area (TPSA) is 80.5 Å². The molecule has 0 radical (unpaired) electrons. The Bertz CT molecular complexity index is 395. The van der Waals surface area contributed by atoms with Crippen LogP contribution in [-0.4, -0.2) is 50.4 Å². The lowest BCUT2D eigenvalue weighted by Gasteiger charge is -2.24. The Morgan fingerprint density at radius 3 is 2.58 bits per heavy atom. The first-order chi connectivity index (χ1) is 8.89. The average Bonchev–Trinajstić information content (AvgIpc) is 2.73. The molecule has 1 aliphatic heterocycles. The third-order valence-corrected chi connectivity index (χ3v) is 5.82. The minimum absolute atomic E-state index is 0.0533. The Balaban J connectivity index is 2.41. The molecule has 2 unspecified atom stereocenters. The summed E-state index contributed by atoms with van der Waals surface area (Å²) < 4.78 is 22.8. The van der Waals surface area contributed by atoms with Crippen LogP contribution in [0.3, 0.4) is 0 Å². The molecule has 1 heterocycles. The van der Waals surface area contributed by atoms with E-state index in [2.05, 4.69) is 6.92 Å². The summed E-state index contributed by atoms with van der Waals surface area (Å²) in [6.07, 6.45) is 3.89. The van der Waals surface area contributed by atoms with Gasteiger partial charge in [0.2, 0.25) is 5.91 Å². The van der Waals surface area contributed by atoms with Crippen molar-refractivity contribution < 1.29 is 13.2 Å². The summed E-state index contributed by atoms with van der Waals surface area (Å²) in [6.45, 7) is 2.77. The predicted molar refractivity (Wildman–Crippen MR) is 76.5 cm³/mol. The van der Waals surface area contributed by atoms with Crippen LogP contribution in [-0.2, 0) is 14.6 Å². The largest absolute Gasteiger partial charge is 0.342 e. The Morgan fingerprint density at radius 1 is 1.42 bits per heavy atom. The van der Waals surface area contributed by atoms with Gasteiger partial charge in [0.1, 0.15) is 0 Å². The zero-order chi connectivity index (χ0) is 14.5. The number of hydrogen-bond acceptors (Lipinski definition) is 4. The van der Waals surface area contributed by atoms with E-state index in [9.17, 15) is 13.2 Å². The third-order valence-electron chi connectivity index (χ3n) is 4.07. The zero-order valence-corrected chi connectivity index (χ0v) is 12.8. The van der Waals surface area contributed by atoms with Crippen LogP contribution >= 0.6 is 0 Å². The lowest BCUT2D eigenvalue weighted by atomic mass is 9.96. The van der Waals surface area contributed by atoms with E-state index in [1.165, 1.54) is 0 Å². The van der Waals surface area contributed by atoms with Gasteiger partial charge in [0.25, 0.3) is 0 Å². The maximum absolute atomic E-state index is 12.1. The fraction of sp³-hybridized carbons (Fsp3) is 0.923. The number of hydrogen-bond donors (Lipinski definition) is 1. The molecular formula is C13H26N2O3S. The van der Waals surface area contributed by atoms with Crippen molar-refractivity contribution in [1.29, 1.82) is 0 Å². The molecule has 0 spiro atoms. The number of rotatable bonds is 7. The molecule has 6 heteroatoms. The lowest BCUT2D eigenvalue weighted by Crippen LogP contribution is -2.37. The van der Waals surface area contributed by atoms with E-state index in [1.54, 1.807) is 11.9 Å². The monoisotopic (exact) mass is 290 g/mol. The highest BCUT2D eigenvalue weighted by atomic mass is 32.2. The summed E-state index contributed by atoms with van der Waals surface area (Å²) in [5, 5.41) is 0. The third kappa shape index (κ3) is 5.10. The number of nitrogens with two attached hydrogens (primary N) is 1. The molecule has 2 N–H and O–H groups in total. The van der Waals surface area contributed by atoms with Gasteiger partial charge in [0.05, 0.1) is 11.5 Å². The van der Waals surface area contributed by atoms with Crippen molar-refractivity contribution in [3.8, 4) is 0 Å². The highest BCUT2D eigenvalue weighted by molar-refractivity contribution is 7.91. The first-order valence-electron chi connectivity index (χ1n) is 7.05. The molecule has 1 saturated heterocycles. The van der Waals surface area contributed by atoms with Gasteiger partial charge in [0.15, 0.2) is 9.84 Å². The second kappa shape index (κ2) is 7.24. The summed E-state index contributed by atoms with van der Waals surface area (Å²) in [5.41, 5.74) is 5.54. The molecule has 0 bridgehead atoms. The van der Waals surface area contributed by atoms with Crippen LogP contribution in [0.5, 0.6) is 0 Å². The molecule has 2 atom stereocenters. The van der Waals surface area contributed by atoms with E-state index in [0.717, 1.165) is 19.3 Å². The van der Waals surface area contributed by atoms with E-state index in [0.29, 0.717) is 25.3 Å². The Hall–Kier alpha value is -0.620. The van der Waals surface area contributed by atoms with Gasteiger partial charge in [-0.2, -0.15) is 0 Å². The van der Waals surface area contributed by atoms with E-state index in [4.69, 9.17) is 5.73 Å². The molecule has 0 aliphatic carbocycles. The van der Waals surface area contributed by atoms with Crippen molar-refractivity contribution in [1.82, 2.24) is 4.90 Å². The first-order valence-corrected chi connectivity index (χ1v) is 8.88. The highest BCUT2D eigenvalue weighted by Crippen LogP contribution is 2.19. The molecule has 19 heavy (non-hydrogen) atoms. The van der Waals surface area contributed by atoms with E-state index in [-0.39, 0.29) is 23.5 Å². The van der Waals surface area contributed by atoms with Crippen molar-refractivity contribution in [2.75, 3.05) is 25.1 Å². The normalized spacial score (nSPS) is 23.2. The Kier molecular flexibility index (Phi) is 6.26. The van der Waals surface area contributed by atoms with E-state index in [1.807, 2.05) is 0 Å². The minimum Gasteiger partial charge on any atom is -0.342 e. The molecule has 1 fully saturated rings. The van der Waals surface area contributed by atoms with Crippen LogP contribution < -0.4 is 5.73 Å². The van der Waals surface area contributed by atoms with Crippen LogP contribution in [0, 0.1) is 5.92 Å². The van der Waals surface area contributed by atoms with Gasteiger partial charge in [-0.25, -0.2) is 8.42 Å². The first kappa shape index (κ1) is 16.4. The number of carbonyl (C=O) groups is 1. The molecule has 1 rings (SSSR count). The standard InChI is InChI=1S/C13H26N2O3S/c1-3-11(6-8-14)4-5-13(16)15(2)12-7-9-19(17,18)10-12/h11-12H,3-10,14H2,1-2H3. The summed E-state index contributed by atoms with van der Waals surface area (Å²) in [5.74, 6) is 0.877. The highest BCUT2D eigenvalue weighted by Gasteiger charge is 2.32. The summed E-state index contributed by atoms with van der Waals surface area (Å²) in [4.78, 5) is 13.7. The summed E-state index contributed by atoms with van der Waals surface area (Å²) in [7, 11) is -1.21. The zero-order valence-electron chi connectivity index (χ0n) is 12.0. The minimum atomic E-state index is -2.93. The van der Waals surface area contributed by atoms with Crippen LogP contribution in [0.2, 0.25) is 0 Å². The molecule has 0 aromatic heterocycles. The average molecular weight is 290 g/mol. The Labute approximate surface area is 116 Å². The molecule has 0 aromatic carbocycles. The maximum Gasteiger partial charge on any atom is 0.222 e. The SMILES string of the molecule is CCC(CCN)CCC(=O)N(C)C1CCS(=O)(=O)C1. The van der Waals surface area contributed by atoms with Crippen molar-refractivity contribution >= 4 is 15.7 Å². The van der Waals surface area contributed by atoms with Crippen LogP contribution in [0.4, 0.5) is 0 Å². The second-order valence-electron chi connectivity index (χ2n) is 5.45. The van der Waals surface area contributed by atoms with E-state index >= 15 is 0 Å². The lowest BCUT2D eigenvalue weighted by molar-refractivity contribution is -0.131. The fourth-order valence-electron chi connectivity index (χ4n) is 2.58. The molecular weight excluding hydrogens is 264 g/mol. The Morgan fingerprint density at radius 2 is 2.11 bits per heavy atom. The van der Waals surface area contributed by atoms with Gasteiger partial charge >= 0.3 is 0 Å². The number of amides is 1. The van der Waals surface area contributed by atoms with Crippen molar-refractivity contribution in [2.24, 2.45) is 11.7 Å². The number of carbonyl (C=O) groups excluding carboxylic acids is 1. The van der Waals surface area contributed by atoms with Crippen molar-refractivity contribution in [3.63, 3.8) is 0 Å². The molecule has 1 amide bonds. The smallest absolute Gasteiger partial charge is 0.222 e. The van der Waals surface area contributed by atoms with Crippen molar-refractivity contribution in [2.45, 2.75) is 45.1 Å². The quantitative estimate of drug-likeness (QED) is 0.751. The number of sulfone groups is 1. The van der Waals surface area contributed by atoms with Crippen molar-refractivity contribution in [3.05, 3.63) is 0 Å². The fourth-order valence-corrected chi connectivity index (χ4v) is 4.35. The second-order valence-corrected chi connectivity index (χ2v) is 7.68. The molecule has 0 aromatic rings. The van der Waals surface area contributed by atoms with Gasteiger partial charge in [-0.05, 0) is 31.7 Å². The van der Waals surface area contributed by atoms with Crippen LogP contribution in [0.15, 0.2) is 0 Å². The van der Waals surface area contributed by atoms with Gasteiger partial charge in [-0.3, -0.25) is 4.79 Å². The molecule has 112 valence electrons. The number of nitrogens with zero attached hydrogens (tertiary/aromatic N) is 1. The van der Waals surface area contributed by atoms with Gasteiger partial charge in [-0.15, -0.1) is 0 Å². The molecule has 5 nitrogen and oxygen atoms in total. The van der Waals surface area contributed by atoms with Gasteiger partial charge in [0, 0.05) is 19.5 Å². The maximum atomic E-state index is 12.1. The van der Waals surface area contributed by atoms with Crippen LogP contribution in [0.25, 0.3) is 0 Å². The summed E-state index contributed by atoms with van der Waals surface area (Å²) in [6, 6.07) is -0.132. The predicted octanol–water partition coefficient (Wildman–Crippen LogP) is 0.787. The van der Waals surface area contributed by atoms with Gasteiger partial charge in [-0.1, -0.05) is 13.3 Å². The van der Waals surface area contributed by atoms with Gasteiger partial charge < -0.3 is 10.6 Å². The van der Waals surface area contributed by atoms with Crippen LogP contribution in [0.1, 0.15) is 39.0 Å².